The van der Waals surface area contributed by atoms with Crippen LogP contribution in [0.2, 0.25) is 0 Å². The van der Waals surface area contributed by atoms with Crippen LogP contribution in [0.5, 0.6) is 0 Å². The van der Waals surface area contributed by atoms with Crippen molar-refractivity contribution in [1.82, 2.24) is 5.32 Å². The van der Waals surface area contributed by atoms with Gasteiger partial charge < -0.3 is 15.2 Å². The number of rotatable bonds is 6. The molecule has 2 N–H and O–H groups in total. The summed E-state index contributed by atoms with van der Waals surface area (Å²) in [4.78, 5) is 10.4. The lowest BCUT2D eigenvalue weighted by atomic mass is 9.80. The van der Waals surface area contributed by atoms with Crippen molar-refractivity contribution in [3.63, 3.8) is 0 Å². The van der Waals surface area contributed by atoms with E-state index >= 15 is 0 Å². The molecule has 0 aliphatic heterocycles. The molecule has 0 aromatic heterocycles. The minimum absolute atomic E-state index is 0.00348. The lowest BCUT2D eigenvalue weighted by Crippen LogP contribution is -2.48. The van der Waals surface area contributed by atoms with E-state index in [2.05, 4.69) is 5.32 Å². The third-order valence-corrected chi connectivity index (χ3v) is 2.92. The summed E-state index contributed by atoms with van der Waals surface area (Å²) < 4.78 is 5.44. The average Bonchev–Trinajstić information content (AvgIpc) is 2.08. The van der Waals surface area contributed by atoms with E-state index in [-0.39, 0.29) is 5.60 Å². The summed E-state index contributed by atoms with van der Waals surface area (Å²) in [6.07, 6.45) is 4.64. The summed E-state index contributed by atoms with van der Waals surface area (Å²) in [6.45, 7) is 3.22. The number of carboxylic acid groups (broad SMARTS) is 1. The molecule has 0 amide bonds. The Labute approximate surface area is 90.3 Å². The monoisotopic (exact) mass is 213 g/mol. The molecule has 0 heterocycles. The summed E-state index contributed by atoms with van der Waals surface area (Å²) in [5.41, 5.74) is 0.830. The number of hydrogen-bond donors (Lipinski definition) is 2. The average molecular weight is 213 g/mol. The Kier molecular flexibility index (Phi) is 4.29. The normalized spacial score (nSPS) is 19.7. The number of carbonyl (C=O) groups is 1. The predicted octanol–water partition coefficient (Wildman–Crippen LogP) is 1.18. The Hall–Kier alpha value is -0.870. The Bertz CT molecular complexity index is 251. The molecule has 0 unspecified atom stereocenters. The zero-order valence-corrected chi connectivity index (χ0v) is 9.38. The van der Waals surface area contributed by atoms with Gasteiger partial charge in [0, 0.05) is 26.3 Å². The van der Waals surface area contributed by atoms with Crippen LogP contribution in [0.15, 0.2) is 11.6 Å². The summed E-state index contributed by atoms with van der Waals surface area (Å²) in [7, 11) is 1.74. The minimum Gasteiger partial charge on any atom is -0.478 e. The van der Waals surface area contributed by atoms with Crippen LogP contribution in [0.1, 0.15) is 26.2 Å². The zero-order valence-electron chi connectivity index (χ0n) is 9.38. The molecule has 1 aliphatic rings. The Morgan fingerprint density at radius 3 is 2.67 bits per heavy atom. The second kappa shape index (κ2) is 5.28. The smallest absolute Gasteiger partial charge is 0.328 e. The van der Waals surface area contributed by atoms with Crippen LogP contribution in [-0.2, 0) is 9.53 Å². The van der Waals surface area contributed by atoms with E-state index in [0.29, 0.717) is 6.54 Å². The molecule has 0 aromatic rings. The van der Waals surface area contributed by atoms with Crippen LogP contribution >= 0.6 is 0 Å². The Morgan fingerprint density at radius 2 is 2.27 bits per heavy atom. The molecule has 1 rings (SSSR count). The van der Waals surface area contributed by atoms with Crippen LogP contribution in [0.25, 0.3) is 0 Å². The maximum Gasteiger partial charge on any atom is 0.328 e. The lowest BCUT2D eigenvalue weighted by Gasteiger charge is -2.40. The predicted molar refractivity (Wildman–Crippen MR) is 57.9 cm³/mol. The fraction of sp³-hybridized carbons (Fsp3) is 0.727. The van der Waals surface area contributed by atoms with Crippen LogP contribution < -0.4 is 5.32 Å². The molecule has 15 heavy (non-hydrogen) atoms. The van der Waals surface area contributed by atoms with Gasteiger partial charge >= 0.3 is 5.97 Å². The molecule has 0 aromatic carbocycles. The third kappa shape index (κ3) is 3.64. The molecular weight excluding hydrogens is 194 g/mol. The van der Waals surface area contributed by atoms with Crippen molar-refractivity contribution in [2.75, 3.05) is 20.2 Å². The van der Waals surface area contributed by atoms with Gasteiger partial charge in [-0.2, -0.15) is 0 Å². The third-order valence-electron chi connectivity index (χ3n) is 2.92. The SMILES string of the molecule is COC1(CNCC(C)=CC(=O)O)CCC1. The second-order valence-corrected chi connectivity index (χ2v) is 4.17. The number of aliphatic carboxylic acids is 1. The van der Waals surface area contributed by atoms with E-state index in [4.69, 9.17) is 9.84 Å². The van der Waals surface area contributed by atoms with Crippen LogP contribution in [0.4, 0.5) is 0 Å². The van der Waals surface area contributed by atoms with Gasteiger partial charge in [-0.1, -0.05) is 5.57 Å². The van der Waals surface area contributed by atoms with Crippen LogP contribution in [-0.4, -0.2) is 36.9 Å². The number of nitrogens with one attached hydrogen (secondary N) is 1. The summed E-state index contributed by atoms with van der Waals surface area (Å²) in [5.74, 6) is -0.889. The molecule has 1 saturated carbocycles. The first kappa shape index (κ1) is 12.2. The summed E-state index contributed by atoms with van der Waals surface area (Å²) in [5, 5.41) is 11.7. The maximum atomic E-state index is 10.4. The fourth-order valence-corrected chi connectivity index (χ4v) is 1.77. The molecule has 0 saturated heterocycles. The quantitative estimate of drug-likeness (QED) is 0.650. The highest BCUT2D eigenvalue weighted by molar-refractivity contribution is 5.80. The molecule has 1 fully saturated rings. The van der Waals surface area contributed by atoms with E-state index in [9.17, 15) is 4.79 Å². The largest absolute Gasteiger partial charge is 0.478 e. The van der Waals surface area contributed by atoms with E-state index < -0.39 is 5.97 Å². The van der Waals surface area contributed by atoms with Gasteiger partial charge in [-0.05, 0) is 26.2 Å². The fourth-order valence-electron chi connectivity index (χ4n) is 1.77. The highest BCUT2D eigenvalue weighted by Crippen LogP contribution is 2.34. The van der Waals surface area contributed by atoms with Crippen molar-refractivity contribution in [2.45, 2.75) is 31.8 Å². The molecular formula is C11H19NO3. The first-order valence-electron chi connectivity index (χ1n) is 5.24. The van der Waals surface area contributed by atoms with Crippen molar-refractivity contribution in [1.29, 1.82) is 0 Å². The van der Waals surface area contributed by atoms with Gasteiger partial charge in [0.1, 0.15) is 0 Å². The molecule has 0 radical (unpaired) electrons. The molecule has 0 bridgehead atoms. The van der Waals surface area contributed by atoms with Gasteiger partial charge in [0.15, 0.2) is 0 Å². The standard InChI is InChI=1S/C11H19NO3/c1-9(6-10(13)14)7-12-8-11(15-2)4-3-5-11/h6,12H,3-5,7-8H2,1-2H3,(H,13,14). The Balaban J connectivity index is 2.23. The number of hydrogen-bond acceptors (Lipinski definition) is 3. The second-order valence-electron chi connectivity index (χ2n) is 4.17. The lowest BCUT2D eigenvalue weighted by molar-refractivity contribution is -0.131. The van der Waals surface area contributed by atoms with Gasteiger partial charge in [0.2, 0.25) is 0 Å². The first-order valence-corrected chi connectivity index (χ1v) is 5.24. The molecule has 4 nitrogen and oxygen atoms in total. The van der Waals surface area contributed by atoms with E-state index in [0.717, 1.165) is 25.0 Å². The van der Waals surface area contributed by atoms with E-state index in [1.807, 2.05) is 0 Å². The van der Waals surface area contributed by atoms with Gasteiger partial charge in [-0.15, -0.1) is 0 Å². The van der Waals surface area contributed by atoms with Gasteiger partial charge in [-0.25, -0.2) is 4.79 Å². The van der Waals surface area contributed by atoms with Crippen molar-refractivity contribution >= 4 is 5.97 Å². The Morgan fingerprint density at radius 1 is 1.60 bits per heavy atom. The van der Waals surface area contributed by atoms with Crippen LogP contribution in [0, 0.1) is 0 Å². The highest BCUT2D eigenvalue weighted by Gasteiger charge is 2.36. The van der Waals surface area contributed by atoms with Crippen LogP contribution in [0.3, 0.4) is 0 Å². The van der Waals surface area contributed by atoms with Gasteiger partial charge in [0.25, 0.3) is 0 Å². The molecule has 4 heteroatoms. The van der Waals surface area contributed by atoms with E-state index in [1.54, 1.807) is 14.0 Å². The number of ether oxygens (including phenoxy) is 1. The van der Waals surface area contributed by atoms with Crippen molar-refractivity contribution < 1.29 is 14.6 Å². The molecule has 0 atom stereocenters. The van der Waals surface area contributed by atoms with Crippen molar-refractivity contribution in [3.05, 3.63) is 11.6 Å². The zero-order chi connectivity index (χ0) is 11.3. The number of methoxy groups -OCH3 is 1. The highest BCUT2D eigenvalue weighted by atomic mass is 16.5. The molecule has 1 aliphatic carbocycles. The summed E-state index contributed by atoms with van der Waals surface area (Å²) in [6, 6.07) is 0. The van der Waals surface area contributed by atoms with Crippen molar-refractivity contribution in [3.8, 4) is 0 Å². The minimum atomic E-state index is -0.889. The first-order chi connectivity index (χ1) is 7.08. The van der Waals surface area contributed by atoms with E-state index in [1.165, 1.54) is 12.5 Å². The molecule has 0 spiro atoms. The van der Waals surface area contributed by atoms with Gasteiger partial charge in [-0.3, -0.25) is 0 Å². The topological polar surface area (TPSA) is 58.6 Å². The molecule has 86 valence electrons. The number of carboxylic acids is 1. The van der Waals surface area contributed by atoms with Gasteiger partial charge in [0.05, 0.1) is 5.60 Å². The maximum absolute atomic E-state index is 10.4. The summed E-state index contributed by atoms with van der Waals surface area (Å²) >= 11 is 0. The van der Waals surface area contributed by atoms with Crippen molar-refractivity contribution in [2.24, 2.45) is 0 Å².